The van der Waals surface area contributed by atoms with Crippen molar-refractivity contribution in [2.45, 2.75) is 117 Å². The van der Waals surface area contributed by atoms with Gasteiger partial charge in [0.1, 0.15) is 34.8 Å². The number of ether oxygens (including phenoxy) is 1. The first-order valence-corrected chi connectivity index (χ1v) is 25.7. The molecule has 6 heterocycles. The van der Waals surface area contributed by atoms with Gasteiger partial charge in [-0.1, -0.05) is 80.6 Å². The molecule has 4 aromatic heterocycles. The van der Waals surface area contributed by atoms with E-state index in [1.807, 2.05) is 114 Å². The molecule has 0 radical (unpaired) electrons. The summed E-state index contributed by atoms with van der Waals surface area (Å²) in [6.45, 7) is 18.7. The molecule has 0 spiro atoms. The van der Waals surface area contributed by atoms with Gasteiger partial charge in [0.2, 0.25) is 11.8 Å². The summed E-state index contributed by atoms with van der Waals surface area (Å²) in [6.07, 6.45) is 6.16. The first-order chi connectivity index (χ1) is 34.6. The van der Waals surface area contributed by atoms with Crippen LogP contribution in [-0.4, -0.2) is 87.9 Å². The fraction of sp³-hybridized carbons (Fsp3) is 0.364. The lowest BCUT2D eigenvalue weighted by atomic mass is 9.89. The van der Waals surface area contributed by atoms with E-state index in [0.717, 1.165) is 66.9 Å². The van der Waals surface area contributed by atoms with E-state index in [9.17, 15) is 14.7 Å². The second-order valence-electron chi connectivity index (χ2n) is 19.7. The van der Waals surface area contributed by atoms with E-state index in [4.69, 9.17) is 30.8 Å². The van der Waals surface area contributed by atoms with Crippen molar-refractivity contribution in [2.75, 3.05) is 6.54 Å². The number of hydrogen-bond acceptors (Lipinski definition) is 12. The topological polar surface area (TPSA) is 178 Å². The summed E-state index contributed by atoms with van der Waals surface area (Å²) >= 11 is 7.97. The minimum Gasteiger partial charge on any atom is -0.490 e. The number of fused-ring (bicyclic) bond motifs is 3. The zero-order valence-corrected chi connectivity index (χ0v) is 43.0. The summed E-state index contributed by atoms with van der Waals surface area (Å²) in [4.78, 5) is 40.7. The standard InChI is InChI=1S/C55H59ClN10O5S/c1-29(2)51(54(69)64-27-43(67)23-47(64)32(5)59-31(4)36-12-14-38(15-13-36)52-33(6)57-28-70-52)65-26-40(25-58-65)39-10-9-11-44(20-39)71-45-21-42(22-45)60-48(68)24-46-53-63-62-35(8)66(53)55-49(30(3)34(7)72-55)50(61-46)37-16-18-41(56)19-17-37/h9-20,25-26,28-29,31,42-43,45-47,51,59,67H,5,21-24,27H2,1-4,6-8H3,(H,60,68)/t31-,42?,43+,45?,46-,47-,51-/m0/s1. The van der Waals surface area contributed by atoms with Crippen LogP contribution in [0.1, 0.15) is 109 Å². The minimum atomic E-state index is -0.683. The maximum absolute atomic E-state index is 14.5. The van der Waals surface area contributed by atoms with Gasteiger partial charge in [-0.15, -0.1) is 21.5 Å². The fourth-order valence-electron chi connectivity index (χ4n) is 10.2. The predicted octanol–water partition coefficient (Wildman–Crippen LogP) is 9.77. The molecule has 5 atom stereocenters. The highest BCUT2D eigenvalue weighted by atomic mass is 35.5. The molecule has 10 rings (SSSR count). The third-order valence-electron chi connectivity index (χ3n) is 14.2. The van der Waals surface area contributed by atoms with Crippen molar-refractivity contribution in [3.8, 4) is 33.2 Å². The van der Waals surface area contributed by atoms with E-state index < -0.39 is 24.2 Å². The van der Waals surface area contributed by atoms with Crippen molar-refractivity contribution in [2.24, 2.45) is 10.9 Å². The molecule has 372 valence electrons. The van der Waals surface area contributed by atoms with Gasteiger partial charge < -0.3 is 29.8 Å². The number of thiophene rings is 1. The van der Waals surface area contributed by atoms with Gasteiger partial charge in [0.05, 0.1) is 36.2 Å². The Morgan fingerprint density at radius 3 is 2.43 bits per heavy atom. The summed E-state index contributed by atoms with van der Waals surface area (Å²) in [5.74, 6) is 2.48. The molecule has 2 fully saturated rings. The first-order valence-electron chi connectivity index (χ1n) is 24.5. The third kappa shape index (κ3) is 9.62. The lowest BCUT2D eigenvalue weighted by Crippen LogP contribution is -2.49. The Balaban J connectivity index is 0.762. The number of hydrogen-bond donors (Lipinski definition) is 3. The molecular formula is C55H59ClN10O5S. The predicted molar refractivity (Wildman–Crippen MR) is 279 cm³/mol. The van der Waals surface area contributed by atoms with Crippen LogP contribution in [0.25, 0.3) is 27.5 Å². The normalized spacial score (nSPS) is 20.2. The third-order valence-corrected chi connectivity index (χ3v) is 15.7. The van der Waals surface area contributed by atoms with Crippen LogP contribution in [-0.2, 0) is 9.59 Å². The van der Waals surface area contributed by atoms with Gasteiger partial charge in [0, 0.05) is 81.9 Å². The summed E-state index contributed by atoms with van der Waals surface area (Å²) in [5.41, 5.74) is 9.10. The summed E-state index contributed by atoms with van der Waals surface area (Å²) in [7, 11) is 0. The number of amides is 2. The number of aryl methyl sites for hydroxylation is 3. The van der Waals surface area contributed by atoms with Gasteiger partial charge in [-0.3, -0.25) is 23.8 Å². The molecular weight excluding hydrogens is 948 g/mol. The van der Waals surface area contributed by atoms with Gasteiger partial charge in [-0.25, -0.2) is 4.98 Å². The van der Waals surface area contributed by atoms with Crippen LogP contribution < -0.4 is 15.4 Å². The second kappa shape index (κ2) is 20.0. The van der Waals surface area contributed by atoms with Crippen LogP contribution in [0.2, 0.25) is 5.02 Å². The molecule has 7 aromatic rings. The number of nitrogens with one attached hydrogen (secondary N) is 2. The Kier molecular flexibility index (Phi) is 13.5. The molecule has 1 aliphatic carbocycles. The number of aliphatic imine (C=N–C) groups is 1. The molecule has 3 aliphatic rings. The van der Waals surface area contributed by atoms with E-state index in [1.54, 1.807) is 27.1 Å². The molecule has 2 aliphatic heterocycles. The first kappa shape index (κ1) is 48.7. The molecule has 3 N–H and O–H groups in total. The number of benzene rings is 3. The monoisotopic (exact) mass is 1010 g/mol. The summed E-state index contributed by atoms with van der Waals surface area (Å²) < 4.78 is 15.8. The van der Waals surface area contributed by atoms with Crippen molar-refractivity contribution >= 4 is 40.5 Å². The Bertz CT molecular complexity index is 3180. The maximum Gasteiger partial charge on any atom is 0.248 e. The number of carbonyl (C=O) groups excluding carboxylic acids is 2. The van der Waals surface area contributed by atoms with E-state index in [0.29, 0.717) is 41.6 Å². The van der Waals surface area contributed by atoms with Gasteiger partial charge in [0.15, 0.2) is 18.0 Å². The van der Waals surface area contributed by atoms with Crippen molar-refractivity contribution in [1.29, 1.82) is 0 Å². The molecule has 2 amide bonds. The van der Waals surface area contributed by atoms with Crippen molar-refractivity contribution < 1.29 is 23.8 Å². The van der Waals surface area contributed by atoms with E-state index in [2.05, 4.69) is 50.8 Å². The average molecular weight is 1010 g/mol. The summed E-state index contributed by atoms with van der Waals surface area (Å²) in [6, 6.07) is 21.9. The second-order valence-corrected chi connectivity index (χ2v) is 21.3. The smallest absolute Gasteiger partial charge is 0.248 e. The highest BCUT2D eigenvalue weighted by molar-refractivity contribution is 7.15. The number of aliphatic hydroxyl groups is 1. The zero-order chi connectivity index (χ0) is 50.5. The molecule has 15 nitrogen and oxygen atoms in total. The Morgan fingerprint density at radius 1 is 0.958 bits per heavy atom. The zero-order valence-electron chi connectivity index (χ0n) is 41.5. The number of aromatic nitrogens is 6. The maximum atomic E-state index is 14.5. The van der Waals surface area contributed by atoms with Crippen LogP contribution in [0.5, 0.6) is 5.75 Å². The van der Waals surface area contributed by atoms with E-state index in [1.165, 1.54) is 11.3 Å². The average Bonchev–Trinajstić information content (AvgIpc) is 4.19. The lowest BCUT2D eigenvalue weighted by molar-refractivity contribution is -0.137. The van der Waals surface area contributed by atoms with Crippen molar-refractivity contribution in [3.05, 3.63) is 153 Å². The highest BCUT2D eigenvalue weighted by Crippen LogP contribution is 2.40. The molecule has 1 saturated heterocycles. The molecule has 72 heavy (non-hydrogen) atoms. The van der Waals surface area contributed by atoms with Crippen molar-refractivity contribution in [3.63, 3.8) is 0 Å². The Morgan fingerprint density at radius 2 is 1.71 bits per heavy atom. The highest BCUT2D eigenvalue weighted by Gasteiger charge is 2.41. The SMILES string of the molecule is C=C(N[C@@H](C)c1ccc(-c2ocnc2C)cc1)[C@@H]1C[C@@H](O)CN1C(=O)[C@H](C(C)C)n1cc(-c2cccc(OC3CC(NC(=O)C[C@@H]4N=C(c5ccc(Cl)cc5)c5c(sc(C)c5C)-n5c(C)nnc54)C3)c2)cn1. The Labute approximate surface area is 428 Å². The number of aliphatic hydroxyl groups excluding tert-OH is 1. The van der Waals surface area contributed by atoms with Gasteiger partial charge in [-0.05, 0) is 81.5 Å². The summed E-state index contributed by atoms with van der Waals surface area (Å²) in [5, 5.41) is 33.0. The number of oxazole rings is 1. The lowest BCUT2D eigenvalue weighted by Gasteiger charge is -2.36. The van der Waals surface area contributed by atoms with Crippen LogP contribution in [0.3, 0.4) is 0 Å². The van der Waals surface area contributed by atoms with Gasteiger partial charge in [-0.2, -0.15) is 5.10 Å². The van der Waals surface area contributed by atoms with Crippen LogP contribution >= 0.6 is 22.9 Å². The minimum absolute atomic E-state index is 0.0492. The van der Waals surface area contributed by atoms with Gasteiger partial charge in [0.25, 0.3) is 0 Å². The Hall–Kier alpha value is -6.88. The quantitative estimate of drug-likeness (QED) is 0.0896. The number of rotatable bonds is 15. The number of nitrogens with zero attached hydrogens (tertiary/aromatic N) is 8. The number of likely N-dealkylation sites (tertiary alicyclic amines) is 1. The molecule has 0 bridgehead atoms. The molecule has 1 saturated carbocycles. The van der Waals surface area contributed by atoms with E-state index in [-0.39, 0.29) is 48.9 Å². The fourth-order valence-corrected chi connectivity index (χ4v) is 11.5. The molecule has 0 unspecified atom stereocenters. The largest absolute Gasteiger partial charge is 0.490 e. The van der Waals surface area contributed by atoms with Crippen LogP contribution in [0.4, 0.5) is 0 Å². The van der Waals surface area contributed by atoms with Crippen molar-refractivity contribution in [1.82, 2.24) is 45.1 Å². The number of carbonyl (C=O) groups is 2. The van der Waals surface area contributed by atoms with E-state index >= 15 is 0 Å². The molecule has 17 heteroatoms. The van der Waals surface area contributed by atoms with Crippen LogP contribution in [0, 0.1) is 33.6 Å². The van der Waals surface area contributed by atoms with Gasteiger partial charge >= 0.3 is 0 Å². The van der Waals surface area contributed by atoms with Crippen LogP contribution in [0.15, 0.2) is 113 Å². The number of β-amino-alcohol motifs (C(OH)–C–C–N with tert-alkyl or cyclic N) is 1. The molecule has 3 aromatic carbocycles. The number of halogens is 1.